The molecule has 3 atom stereocenters. The molecule has 1 saturated heterocycles. The van der Waals surface area contributed by atoms with E-state index in [0.29, 0.717) is 5.65 Å². The van der Waals surface area contributed by atoms with Gasteiger partial charge in [0.25, 0.3) is 0 Å². The molecule has 11 heteroatoms. The van der Waals surface area contributed by atoms with Gasteiger partial charge in [0, 0.05) is 6.42 Å². The largest absolute Gasteiger partial charge is 0.445 e. The van der Waals surface area contributed by atoms with Crippen molar-refractivity contribution in [3.05, 3.63) is 24.3 Å². The SMILES string of the molecule is C=CCOC(=O)Nc1nc(Cl)nc2c1ncn2[C@H]1CC(O)[C@@H](CO)O1. The summed E-state index contributed by atoms with van der Waals surface area (Å²) in [5.74, 6) is 0.0834. The predicted molar refractivity (Wildman–Crippen MR) is 87.1 cm³/mol. The average molecular weight is 370 g/mol. The first-order valence-corrected chi connectivity index (χ1v) is 7.80. The average Bonchev–Trinajstić information content (AvgIpc) is 3.15. The van der Waals surface area contributed by atoms with Crippen molar-refractivity contribution in [2.45, 2.75) is 24.9 Å². The molecule has 3 rings (SSSR count). The van der Waals surface area contributed by atoms with E-state index >= 15 is 0 Å². The second-order valence-corrected chi connectivity index (χ2v) is 5.63. The lowest BCUT2D eigenvalue weighted by Crippen LogP contribution is -2.24. The van der Waals surface area contributed by atoms with Gasteiger partial charge in [0.1, 0.15) is 18.9 Å². The van der Waals surface area contributed by atoms with Gasteiger partial charge in [-0.05, 0) is 11.6 Å². The van der Waals surface area contributed by atoms with Gasteiger partial charge in [0.05, 0.1) is 19.0 Å². The summed E-state index contributed by atoms with van der Waals surface area (Å²) in [6.07, 6.45) is 0.303. The van der Waals surface area contributed by atoms with E-state index in [9.17, 15) is 15.0 Å². The highest BCUT2D eigenvalue weighted by atomic mass is 35.5. The summed E-state index contributed by atoms with van der Waals surface area (Å²) in [6, 6.07) is 0. The summed E-state index contributed by atoms with van der Waals surface area (Å²) >= 11 is 5.93. The molecule has 1 unspecified atom stereocenters. The molecular weight excluding hydrogens is 354 g/mol. The molecule has 0 spiro atoms. The molecule has 0 saturated carbocycles. The van der Waals surface area contributed by atoms with Crippen LogP contribution in [0.3, 0.4) is 0 Å². The van der Waals surface area contributed by atoms with Crippen molar-refractivity contribution in [2.75, 3.05) is 18.5 Å². The Hall–Kier alpha value is -2.27. The summed E-state index contributed by atoms with van der Waals surface area (Å²) in [7, 11) is 0. The zero-order chi connectivity index (χ0) is 18.0. The summed E-state index contributed by atoms with van der Waals surface area (Å²) in [6.45, 7) is 3.19. The topological polar surface area (TPSA) is 132 Å². The van der Waals surface area contributed by atoms with Gasteiger partial charge in [0.2, 0.25) is 5.28 Å². The van der Waals surface area contributed by atoms with Crippen LogP contribution in [0.2, 0.25) is 5.28 Å². The Morgan fingerprint density at radius 3 is 3.08 bits per heavy atom. The van der Waals surface area contributed by atoms with E-state index in [1.54, 1.807) is 4.57 Å². The molecule has 1 aliphatic heterocycles. The normalized spacial score (nSPS) is 22.9. The van der Waals surface area contributed by atoms with Gasteiger partial charge < -0.3 is 19.7 Å². The maximum Gasteiger partial charge on any atom is 0.413 e. The fourth-order valence-electron chi connectivity index (χ4n) is 2.51. The van der Waals surface area contributed by atoms with Crippen LogP contribution in [0.15, 0.2) is 19.0 Å². The number of carbonyl (C=O) groups excluding carboxylic acids is 1. The molecular formula is C14H16ClN5O5. The van der Waals surface area contributed by atoms with Gasteiger partial charge in [-0.15, -0.1) is 0 Å². The number of rotatable bonds is 5. The van der Waals surface area contributed by atoms with Crippen molar-refractivity contribution in [2.24, 2.45) is 0 Å². The van der Waals surface area contributed by atoms with Gasteiger partial charge in [-0.3, -0.25) is 9.88 Å². The molecule has 10 nitrogen and oxygen atoms in total. The maximum absolute atomic E-state index is 11.7. The molecule has 0 aliphatic carbocycles. The number of ether oxygens (including phenoxy) is 2. The minimum absolute atomic E-state index is 0.0403. The number of fused-ring (bicyclic) bond motifs is 1. The third-order valence-corrected chi connectivity index (χ3v) is 3.81. The first kappa shape index (κ1) is 17.5. The number of aliphatic hydroxyl groups is 2. The fourth-order valence-corrected chi connectivity index (χ4v) is 2.67. The number of halogens is 1. The molecule has 0 bridgehead atoms. The first-order chi connectivity index (χ1) is 12.0. The Bertz CT molecular complexity index is 797. The van der Waals surface area contributed by atoms with Crippen LogP contribution in [0.5, 0.6) is 0 Å². The van der Waals surface area contributed by atoms with E-state index in [4.69, 9.17) is 21.1 Å². The minimum atomic E-state index is -0.809. The van der Waals surface area contributed by atoms with Crippen LogP contribution >= 0.6 is 11.6 Å². The molecule has 134 valence electrons. The highest BCUT2D eigenvalue weighted by Crippen LogP contribution is 2.32. The third kappa shape index (κ3) is 3.56. The number of hydrogen-bond donors (Lipinski definition) is 3. The summed E-state index contributed by atoms with van der Waals surface area (Å²) in [5, 5.41) is 21.4. The Labute approximate surface area is 147 Å². The molecule has 0 aromatic carbocycles. The number of amides is 1. The number of anilines is 1. The standard InChI is InChI=1S/C14H16ClN5O5/c1-2-3-24-14(23)18-11-10-12(19-13(15)17-11)20(6-16-10)9-4-7(22)8(5-21)25-9/h2,6-9,21-22H,1,3-5H2,(H,17,18,19,23)/t7?,8-,9-/m1/s1. The smallest absolute Gasteiger partial charge is 0.413 e. The lowest BCUT2D eigenvalue weighted by Gasteiger charge is -2.13. The van der Waals surface area contributed by atoms with Crippen LogP contribution in [0.25, 0.3) is 11.2 Å². The summed E-state index contributed by atoms with van der Waals surface area (Å²) in [4.78, 5) is 23.9. The van der Waals surface area contributed by atoms with Gasteiger partial charge in [0.15, 0.2) is 17.0 Å². The highest BCUT2D eigenvalue weighted by Gasteiger charge is 2.35. The van der Waals surface area contributed by atoms with Crippen molar-refractivity contribution in [1.82, 2.24) is 19.5 Å². The molecule has 1 aliphatic rings. The maximum atomic E-state index is 11.7. The highest BCUT2D eigenvalue weighted by molar-refractivity contribution is 6.28. The number of hydrogen-bond acceptors (Lipinski definition) is 8. The van der Waals surface area contributed by atoms with E-state index in [2.05, 4.69) is 26.8 Å². The monoisotopic (exact) mass is 369 g/mol. The minimum Gasteiger partial charge on any atom is -0.445 e. The molecule has 1 amide bonds. The van der Waals surface area contributed by atoms with Gasteiger partial charge in [-0.2, -0.15) is 9.97 Å². The lowest BCUT2D eigenvalue weighted by atomic mass is 10.2. The van der Waals surface area contributed by atoms with Crippen LogP contribution in [-0.4, -0.2) is 61.2 Å². The van der Waals surface area contributed by atoms with Gasteiger partial charge >= 0.3 is 6.09 Å². The van der Waals surface area contributed by atoms with Crippen molar-refractivity contribution in [3.63, 3.8) is 0 Å². The quantitative estimate of drug-likeness (QED) is 0.522. The van der Waals surface area contributed by atoms with Crippen LogP contribution in [0.4, 0.5) is 10.6 Å². The molecule has 2 aromatic heterocycles. The van der Waals surface area contributed by atoms with Crippen LogP contribution in [-0.2, 0) is 9.47 Å². The lowest BCUT2D eigenvalue weighted by molar-refractivity contribution is -0.0432. The molecule has 25 heavy (non-hydrogen) atoms. The predicted octanol–water partition coefficient (Wildman–Crippen LogP) is 0.855. The van der Waals surface area contributed by atoms with Gasteiger partial charge in [-0.1, -0.05) is 12.7 Å². The Morgan fingerprint density at radius 1 is 1.60 bits per heavy atom. The van der Waals surface area contributed by atoms with Crippen LogP contribution in [0.1, 0.15) is 12.6 Å². The molecule has 0 radical (unpaired) electrons. The van der Waals surface area contributed by atoms with Crippen LogP contribution in [0, 0.1) is 0 Å². The van der Waals surface area contributed by atoms with E-state index in [1.807, 2.05) is 0 Å². The van der Waals surface area contributed by atoms with E-state index < -0.39 is 24.5 Å². The fraction of sp³-hybridized carbons (Fsp3) is 0.429. The number of carbonyl (C=O) groups is 1. The molecule has 3 heterocycles. The second-order valence-electron chi connectivity index (χ2n) is 5.29. The van der Waals surface area contributed by atoms with Gasteiger partial charge in [-0.25, -0.2) is 9.78 Å². The number of nitrogens with one attached hydrogen (secondary N) is 1. The van der Waals surface area contributed by atoms with E-state index in [0.717, 1.165) is 0 Å². The molecule has 1 fully saturated rings. The van der Waals surface area contributed by atoms with Crippen molar-refractivity contribution in [1.29, 1.82) is 0 Å². The third-order valence-electron chi connectivity index (χ3n) is 3.64. The van der Waals surface area contributed by atoms with E-state index in [1.165, 1.54) is 12.4 Å². The zero-order valence-electron chi connectivity index (χ0n) is 13.0. The van der Waals surface area contributed by atoms with E-state index in [-0.39, 0.29) is 36.3 Å². The van der Waals surface area contributed by atoms with Crippen molar-refractivity contribution < 1.29 is 24.5 Å². The van der Waals surface area contributed by atoms with Crippen molar-refractivity contribution in [3.8, 4) is 0 Å². The number of imidazole rings is 1. The number of aliphatic hydroxyl groups excluding tert-OH is 2. The van der Waals surface area contributed by atoms with Crippen molar-refractivity contribution >= 4 is 34.7 Å². The Morgan fingerprint density at radius 2 is 2.40 bits per heavy atom. The molecule has 3 N–H and O–H groups in total. The molecule has 2 aromatic rings. The number of nitrogens with zero attached hydrogens (tertiary/aromatic N) is 4. The number of aromatic nitrogens is 4. The Kier molecular flexibility index (Phi) is 5.13. The van der Waals surface area contributed by atoms with Crippen LogP contribution < -0.4 is 5.32 Å². The summed E-state index contributed by atoms with van der Waals surface area (Å²) in [5.41, 5.74) is 0.598. The Balaban J connectivity index is 1.91. The second kappa shape index (κ2) is 7.31. The first-order valence-electron chi connectivity index (χ1n) is 7.42. The zero-order valence-corrected chi connectivity index (χ0v) is 13.8. The summed E-state index contributed by atoms with van der Waals surface area (Å²) < 4.78 is 12.0.